The summed E-state index contributed by atoms with van der Waals surface area (Å²) in [4.78, 5) is 0. The van der Waals surface area contributed by atoms with Crippen LogP contribution in [0.25, 0.3) is 0 Å². The van der Waals surface area contributed by atoms with Gasteiger partial charge in [0.15, 0.2) is 0 Å². The zero-order valence-corrected chi connectivity index (χ0v) is 8.05. The number of epoxide rings is 1. The van der Waals surface area contributed by atoms with E-state index in [9.17, 15) is 0 Å². The van der Waals surface area contributed by atoms with Crippen LogP contribution in [0.1, 0.15) is 33.1 Å². The molecule has 12 heavy (non-hydrogen) atoms. The van der Waals surface area contributed by atoms with E-state index < -0.39 is 0 Å². The first-order valence-corrected chi connectivity index (χ1v) is 5.31. The maximum atomic E-state index is 5.44. The molecule has 1 heteroatoms. The van der Waals surface area contributed by atoms with E-state index in [0.29, 0.717) is 11.5 Å². The van der Waals surface area contributed by atoms with Gasteiger partial charge in [-0.1, -0.05) is 13.8 Å². The van der Waals surface area contributed by atoms with E-state index in [1.54, 1.807) is 0 Å². The van der Waals surface area contributed by atoms with Gasteiger partial charge >= 0.3 is 0 Å². The van der Waals surface area contributed by atoms with Crippen molar-refractivity contribution in [2.24, 2.45) is 23.2 Å². The van der Waals surface area contributed by atoms with Crippen molar-refractivity contribution in [2.45, 2.75) is 39.2 Å². The molecule has 2 bridgehead atoms. The molecule has 0 N–H and O–H groups in total. The molecule has 4 rings (SSSR count). The topological polar surface area (TPSA) is 12.5 Å². The van der Waals surface area contributed by atoms with E-state index >= 15 is 0 Å². The maximum absolute atomic E-state index is 5.44. The monoisotopic (exact) mass is 166 g/mol. The van der Waals surface area contributed by atoms with Crippen LogP contribution in [0.4, 0.5) is 0 Å². The lowest BCUT2D eigenvalue weighted by atomic mass is 9.45. The molecule has 1 heterocycles. The molecule has 0 aromatic carbocycles. The Labute approximate surface area is 74.5 Å². The average molecular weight is 166 g/mol. The third-order valence-corrected chi connectivity index (χ3v) is 4.75. The van der Waals surface area contributed by atoms with Crippen molar-refractivity contribution in [3.63, 3.8) is 0 Å². The second kappa shape index (κ2) is 2.06. The van der Waals surface area contributed by atoms with Crippen molar-refractivity contribution in [3.8, 4) is 0 Å². The van der Waals surface area contributed by atoms with Gasteiger partial charge in [-0.15, -0.1) is 0 Å². The third kappa shape index (κ3) is 0.783. The van der Waals surface area contributed by atoms with E-state index in [1.165, 1.54) is 19.3 Å². The summed E-state index contributed by atoms with van der Waals surface area (Å²) in [5.41, 5.74) is 0.648. The van der Waals surface area contributed by atoms with Gasteiger partial charge < -0.3 is 4.74 Å². The number of fused-ring (bicyclic) bond motifs is 2. The van der Waals surface area contributed by atoms with Crippen molar-refractivity contribution in [1.82, 2.24) is 0 Å². The Balaban J connectivity index is 1.80. The van der Waals surface area contributed by atoms with E-state index in [4.69, 9.17) is 4.74 Å². The molecule has 0 aromatic rings. The van der Waals surface area contributed by atoms with Crippen molar-refractivity contribution >= 4 is 0 Å². The Morgan fingerprint density at radius 2 is 2.00 bits per heavy atom. The second-order valence-electron chi connectivity index (χ2n) is 5.47. The van der Waals surface area contributed by atoms with Gasteiger partial charge in [0.25, 0.3) is 0 Å². The van der Waals surface area contributed by atoms with Crippen molar-refractivity contribution < 1.29 is 4.74 Å². The molecule has 1 aliphatic heterocycles. The quantitative estimate of drug-likeness (QED) is 0.545. The molecule has 68 valence electrons. The molecule has 1 saturated heterocycles. The molecule has 4 atom stereocenters. The molecule has 1 unspecified atom stereocenters. The highest BCUT2D eigenvalue weighted by Gasteiger charge is 2.57. The van der Waals surface area contributed by atoms with Gasteiger partial charge in [0, 0.05) is 0 Å². The van der Waals surface area contributed by atoms with Crippen LogP contribution in [0.5, 0.6) is 0 Å². The molecule has 3 saturated carbocycles. The van der Waals surface area contributed by atoms with Gasteiger partial charge in [0.1, 0.15) is 0 Å². The van der Waals surface area contributed by atoms with Gasteiger partial charge in [-0.3, -0.25) is 0 Å². The standard InChI is InChI=1S/C11H18O/c1-11(2)7-3-4-8(9(11)5-7)10-6-12-10/h7-10H,3-6H2,1-2H3/t7-,8?,9-,10-/m0/s1. The van der Waals surface area contributed by atoms with E-state index in [-0.39, 0.29) is 0 Å². The van der Waals surface area contributed by atoms with Crippen LogP contribution in [-0.2, 0) is 4.74 Å². The first-order valence-electron chi connectivity index (χ1n) is 5.31. The minimum absolute atomic E-state index is 0.648. The summed E-state index contributed by atoms with van der Waals surface area (Å²) in [7, 11) is 0. The molecule has 0 amide bonds. The van der Waals surface area contributed by atoms with Gasteiger partial charge in [-0.25, -0.2) is 0 Å². The zero-order chi connectivity index (χ0) is 8.34. The van der Waals surface area contributed by atoms with E-state index in [0.717, 1.165) is 24.4 Å². The normalized spacial score (nSPS) is 54.5. The molecule has 4 aliphatic rings. The van der Waals surface area contributed by atoms with Crippen molar-refractivity contribution in [2.75, 3.05) is 6.61 Å². The molecule has 3 aliphatic carbocycles. The predicted molar refractivity (Wildman–Crippen MR) is 47.8 cm³/mol. The highest BCUT2D eigenvalue weighted by molar-refractivity contribution is 5.06. The maximum Gasteiger partial charge on any atom is 0.0840 e. The molecule has 0 radical (unpaired) electrons. The molecule has 4 fully saturated rings. The Bertz CT molecular complexity index is 201. The van der Waals surface area contributed by atoms with Crippen LogP contribution in [0.15, 0.2) is 0 Å². The highest BCUT2D eigenvalue weighted by atomic mass is 16.6. The number of hydrogen-bond acceptors (Lipinski definition) is 1. The summed E-state index contributed by atoms with van der Waals surface area (Å²) in [6.45, 7) is 5.97. The molecule has 0 aromatic heterocycles. The number of hydrogen-bond donors (Lipinski definition) is 0. The minimum Gasteiger partial charge on any atom is -0.373 e. The second-order valence-corrected chi connectivity index (χ2v) is 5.47. The molecular formula is C11H18O. The lowest BCUT2D eigenvalue weighted by molar-refractivity contribution is -0.111. The van der Waals surface area contributed by atoms with Crippen LogP contribution < -0.4 is 0 Å². The van der Waals surface area contributed by atoms with Gasteiger partial charge in [-0.2, -0.15) is 0 Å². The van der Waals surface area contributed by atoms with E-state index in [1.807, 2.05) is 0 Å². The Kier molecular flexibility index (Phi) is 1.27. The van der Waals surface area contributed by atoms with Gasteiger partial charge in [-0.05, 0) is 42.4 Å². The first kappa shape index (κ1) is 7.37. The smallest absolute Gasteiger partial charge is 0.0840 e. The fourth-order valence-electron chi connectivity index (χ4n) is 3.62. The average Bonchev–Trinajstić information content (AvgIpc) is 2.86. The summed E-state index contributed by atoms with van der Waals surface area (Å²) in [6, 6.07) is 0. The SMILES string of the molecule is CC1(C)[C@H]2CCC([C@@H]3CO3)[C@@H]1C2. The summed E-state index contributed by atoms with van der Waals surface area (Å²) in [5, 5.41) is 0. The Hall–Kier alpha value is -0.0400. The fraction of sp³-hybridized carbons (Fsp3) is 1.00. The first-order chi connectivity index (χ1) is 5.69. The predicted octanol–water partition coefficient (Wildman–Crippen LogP) is 2.46. The summed E-state index contributed by atoms with van der Waals surface area (Å²) < 4.78 is 5.44. The minimum atomic E-state index is 0.648. The van der Waals surface area contributed by atoms with Crippen LogP contribution in [0.3, 0.4) is 0 Å². The zero-order valence-electron chi connectivity index (χ0n) is 8.05. The Morgan fingerprint density at radius 1 is 1.25 bits per heavy atom. The Morgan fingerprint density at radius 3 is 2.50 bits per heavy atom. The lowest BCUT2D eigenvalue weighted by Crippen LogP contribution is -2.53. The summed E-state index contributed by atoms with van der Waals surface area (Å²) in [6.07, 6.45) is 5.07. The van der Waals surface area contributed by atoms with E-state index in [2.05, 4.69) is 13.8 Å². The molecule has 1 nitrogen and oxygen atoms in total. The van der Waals surface area contributed by atoms with Crippen LogP contribution >= 0.6 is 0 Å². The van der Waals surface area contributed by atoms with Crippen LogP contribution in [0.2, 0.25) is 0 Å². The largest absolute Gasteiger partial charge is 0.373 e. The van der Waals surface area contributed by atoms with Crippen LogP contribution in [-0.4, -0.2) is 12.7 Å². The third-order valence-electron chi connectivity index (χ3n) is 4.75. The van der Waals surface area contributed by atoms with Gasteiger partial charge in [0.2, 0.25) is 0 Å². The summed E-state index contributed by atoms with van der Waals surface area (Å²) >= 11 is 0. The lowest BCUT2D eigenvalue weighted by Gasteiger charge is -2.60. The molecule has 0 spiro atoms. The van der Waals surface area contributed by atoms with Crippen molar-refractivity contribution in [3.05, 3.63) is 0 Å². The highest BCUT2D eigenvalue weighted by Crippen LogP contribution is 2.63. The number of rotatable bonds is 1. The number of ether oxygens (including phenoxy) is 1. The molecular weight excluding hydrogens is 148 g/mol. The summed E-state index contributed by atoms with van der Waals surface area (Å²) in [5.74, 6) is 2.95. The fourth-order valence-corrected chi connectivity index (χ4v) is 3.62. The van der Waals surface area contributed by atoms with Gasteiger partial charge in [0.05, 0.1) is 12.7 Å². The van der Waals surface area contributed by atoms with Crippen molar-refractivity contribution in [1.29, 1.82) is 0 Å². The van der Waals surface area contributed by atoms with Crippen LogP contribution in [0, 0.1) is 23.2 Å².